The minimum Gasteiger partial charge on any atom is -0.480 e. The molecular weight excluding hydrogens is 287 g/mol. The smallest absolute Gasteiger partial charge is 0.328 e. The number of carbonyl (C=O) groups is 2. The van der Waals surface area contributed by atoms with Gasteiger partial charge >= 0.3 is 5.97 Å². The van der Waals surface area contributed by atoms with E-state index in [1.807, 2.05) is 5.32 Å². The van der Waals surface area contributed by atoms with Crippen LogP contribution in [0.1, 0.15) is 22.8 Å². The van der Waals surface area contributed by atoms with Gasteiger partial charge in [0.25, 0.3) is 11.6 Å². The number of carboxylic acids is 1. The molecule has 0 heterocycles. The molecule has 0 aliphatic heterocycles. The Morgan fingerprint density at radius 1 is 1.43 bits per heavy atom. The third-order valence-electron chi connectivity index (χ3n) is 2.73. The fraction of sp³-hybridized carbons (Fsp3) is 0.333. The Morgan fingerprint density at radius 3 is 2.43 bits per heavy atom. The summed E-state index contributed by atoms with van der Waals surface area (Å²) in [5, 5.41) is 30.7. The fourth-order valence-electron chi connectivity index (χ4n) is 1.63. The van der Waals surface area contributed by atoms with Gasteiger partial charge in [-0.05, 0) is 19.4 Å². The van der Waals surface area contributed by atoms with Gasteiger partial charge in [-0.15, -0.1) is 0 Å². The van der Waals surface area contributed by atoms with Crippen molar-refractivity contribution in [3.05, 3.63) is 39.2 Å². The number of carboxylic acid groups (broad SMARTS) is 1. The number of halogens is 1. The quantitative estimate of drug-likeness (QED) is 0.539. The maximum absolute atomic E-state index is 13.9. The summed E-state index contributed by atoms with van der Waals surface area (Å²) < 4.78 is 13.9. The number of amides is 1. The number of aliphatic hydroxyl groups excluding tert-OH is 1. The molecule has 3 N–H and O–H groups in total. The molecule has 0 aliphatic rings. The van der Waals surface area contributed by atoms with Gasteiger partial charge in [-0.3, -0.25) is 14.9 Å². The number of nitro groups is 1. The molecule has 0 radical (unpaired) electrons. The van der Waals surface area contributed by atoms with Crippen molar-refractivity contribution in [1.82, 2.24) is 5.32 Å². The molecule has 8 nitrogen and oxygen atoms in total. The van der Waals surface area contributed by atoms with Crippen molar-refractivity contribution in [2.45, 2.75) is 26.0 Å². The molecule has 2 atom stereocenters. The molecule has 1 aromatic rings. The average molecular weight is 300 g/mol. The van der Waals surface area contributed by atoms with Gasteiger partial charge in [0.05, 0.1) is 16.6 Å². The molecule has 0 saturated heterocycles. The zero-order valence-electron chi connectivity index (χ0n) is 11.2. The summed E-state index contributed by atoms with van der Waals surface area (Å²) in [6.07, 6.45) is -1.42. The van der Waals surface area contributed by atoms with E-state index in [-0.39, 0.29) is 5.56 Å². The van der Waals surface area contributed by atoms with Gasteiger partial charge in [-0.25, -0.2) is 9.18 Å². The van der Waals surface area contributed by atoms with E-state index < -0.39 is 46.0 Å². The van der Waals surface area contributed by atoms with Crippen molar-refractivity contribution < 1.29 is 29.1 Å². The number of aryl methyl sites for hydroxylation is 1. The molecule has 114 valence electrons. The molecule has 1 aromatic carbocycles. The molecule has 0 bridgehead atoms. The number of nitrogens with one attached hydrogen (secondary N) is 1. The monoisotopic (exact) mass is 300 g/mol. The number of rotatable bonds is 5. The summed E-state index contributed by atoms with van der Waals surface area (Å²) >= 11 is 0. The van der Waals surface area contributed by atoms with Gasteiger partial charge in [-0.1, -0.05) is 0 Å². The van der Waals surface area contributed by atoms with Crippen molar-refractivity contribution in [3.63, 3.8) is 0 Å². The molecule has 21 heavy (non-hydrogen) atoms. The summed E-state index contributed by atoms with van der Waals surface area (Å²) in [5.41, 5.74) is -1.28. The van der Waals surface area contributed by atoms with Crippen molar-refractivity contribution in [2.75, 3.05) is 0 Å². The highest BCUT2D eigenvalue weighted by Crippen LogP contribution is 2.21. The third kappa shape index (κ3) is 3.72. The summed E-state index contributed by atoms with van der Waals surface area (Å²) in [6, 6.07) is 0.00474. The fourth-order valence-corrected chi connectivity index (χ4v) is 1.63. The lowest BCUT2D eigenvalue weighted by Gasteiger charge is -2.17. The number of hydrogen-bond donors (Lipinski definition) is 3. The van der Waals surface area contributed by atoms with Gasteiger partial charge in [0.2, 0.25) is 0 Å². The number of benzene rings is 1. The number of carbonyl (C=O) groups excluding carboxylic acids is 1. The number of aliphatic carboxylic acids is 1. The highest BCUT2D eigenvalue weighted by Gasteiger charge is 2.28. The maximum atomic E-state index is 13.9. The lowest BCUT2D eigenvalue weighted by atomic mass is 10.1. The first kappa shape index (κ1) is 16.5. The van der Waals surface area contributed by atoms with Gasteiger partial charge < -0.3 is 15.5 Å². The van der Waals surface area contributed by atoms with E-state index in [1.165, 1.54) is 6.92 Å². The van der Waals surface area contributed by atoms with Crippen LogP contribution < -0.4 is 5.32 Å². The van der Waals surface area contributed by atoms with E-state index in [0.29, 0.717) is 6.07 Å². The van der Waals surface area contributed by atoms with Gasteiger partial charge in [0, 0.05) is 12.1 Å². The Morgan fingerprint density at radius 2 is 2.00 bits per heavy atom. The van der Waals surface area contributed by atoms with Crippen LogP contribution in [0.15, 0.2) is 12.1 Å². The van der Waals surface area contributed by atoms with Crippen LogP contribution in [-0.2, 0) is 4.79 Å². The zero-order chi connectivity index (χ0) is 16.3. The molecule has 1 rings (SSSR count). The summed E-state index contributed by atoms with van der Waals surface area (Å²) in [7, 11) is 0. The molecule has 1 amide bonds. The van der Waals surface area contributed by atoms with Crippen molar-refractivity contribution >= 4 is 17.6 Å². The van der Waals surface area contributed by atoms with Crippen LogP contribution in [0, 0.1) is 22.9 Å². The average Bonchev–Trinajstić information content (AvgIpc) is 2.37. The van der Waals surface area contributed by atoms with Crippen LogP contribution in [0.3, 0.4) is 0 Å². The number of hydrogen-bond acceptors (Lipinski definition) is 5. The second kappa shape index (κ2) is 6.27. The highest BCUT2D eigenvalue weighted by atomic mass is 19.1. The third-order valence-corrected chi connectivity index (χ3v) is 2.73. The standard InChI is InChI=1S/C12H13FN2O6/c1-5-3-7(15(20)21)4-8(9(5)13)11(17)14-10(6(2)16)12(18)19/h3-4,6,10,16H,1-2H3,(H,14,17)(H,18,19)/t6-,10+/m1/s1. The Bertz CT molecular complexity index is 602. The predicted molar refractivity (Wildman–Crippen MR) is 68.4 cm³/mol. The second-order valence-corrected chi connectivity index (χ2v) is 4.41. The molecular formula is C12H13FN2O6. The minimum atomic E-state index is -1.66. The molecule has 0 spiro atoms. The number of nitro benzene ring substituents is 1. The molecule has 0 unspecified atom stereocenters. The first-order chi connectivity index (χ1) is 9.65. The normalized spacial score (nSPS) is 13.3. The number of nitrogens with zero attached hydrogens (tertiary/aromatic N) is 1. The summed E-state index contributed by atoms with van der Waals surface area (Å²) in [4.78, 5) is 32.6. The Hall–Kier alpha value is -2.55. The topological polar surface area (TPSA) is 130 Å². The molecule has 0 aliphatic carbocycles. The van der Waals surface area contributed by atoms with Crippen LogP contribution in [0.25, 0.3) is 0 Å². The van der Waals surface area contributed by atoms with Crippen molar-refractivity contribution in [1.29, 1.82) is 0 Å². The predicted octanol–water partition coefficient (Wildman–Crippen LogP) is 0.606. The Balaban J connectivity index is 3.18. The maximum Gasteiger partial charge on any atom is 0.328 e. The van der Waals surface area contributed by atoms with E-state index in [0.717, 1.165) is 13.0 Å². The number of aliphatic hydroxyl groups is 1. The van der Waals surface area contributed by atoms with Gasteiger partial charge in [0.1, 0.15) is 5.82 Å². The van der Waals surface area contributed by atoms with E-state index in [2.05, 4.69) is 0 Å². The van der Waals surface area contributed by atoms with E-state index >= 15 is 0 Å². The van der Waals surface area contributed by atoms with E-state index in [9.17, 15) is 29.2 Å². The zero-order valence-corrected chi connectivity index (χ0v) is 11.2. The van der Waals surface area contributed by atoms with E-state index in [1.54, 1.807) is 0 Å². The van der Waals surface area contributed by atoms with Gasteiger partial charge in [0.15, 0.2) is 6.04 Å². The van der Waals surface area contributed by atoms with Crippen LogP contribution in [0.2, 0.25) is 0 Å². The summed E-state index contributed by atoms with van der Waals surface area (Å²) in [5.74, 6) is -3.67. The molecule has 0 saturated carbocycles. The lowest BCUT2D eigenvalue weighted by Crippen LogP contribution is -2.47. The van der Waals surface area contributed by atoms with Crippen LogP contribution in [-0.4, -0.2) is 39.2 Å². The largest absolute Gasteiger partial charge is 0.480 e. The lowest BCUT2D eigenvalue weighted by molar-refractivity contribution is -0.385. The highest BCUT2D eigenvalue weighted by molar-refractivity contribution is 5.97. The Labute approximate surface area is 118 Å². The van der Waals surface area contributed by atoms with Crippen LogP contribution in [0.5, 0.6) is 0 Å². The summed E-state index contributed by atoms with van der Waals surface area (Å²) in [6.45, 7) is 2.37. The first-order valence-electron chi connectivity index (χ1n) is 5.81. The van der Waals surface area contributed by atoms with Crippen LogP contribution >= 0.6 is 0 Å². The molecule has 0 aromatic heterocycles. The SMILES string of the molecule is Cc1cc([N+](=O)[O-])cc(C(=O)N[C@H](C(=O)O)[C@@H](C)O)c1F. The van der Waals surface area contributed by atoms with Crippen LogP contribution in [0.4, 0.5) is 10.1 Å². The van der Waals surface area contributed by atoms with Crippen molar-refractivity contribution in [2.24, 2.45) is 0 Å². The van der Waals surface area contributed by atoms with E-state index in [4.69, 9.17) is 5.11 Å². The second-order valence-electron chi connectivity index (χ2n) is 4.41. The minimum absolute atomic E-state index is 0.127. The number of non-ortho nitro benzene ring substituents is 1. The van der Waals surface area contributed by atoms with Gasteiger partial charge in [-0.2, -0.15) is 0 Å². The molecule has 9 heteroatoms. The first-order valence-corrected chi connectivity index (χ1v) is 5.81. The van der Waals surface area contributed by atoms with Crippen molar-refractivity contribution in [3.8, 4) is 0 Å². The molecule has 0 fully saturated rings. The Kier molecular flexibility index (Phi) is 4.93.